The first kappa shape index (κ1) is 27.5. The van der Waals surface area contributed by atoms with Crippen molar-refractivity contribution in [2.45, 2.75) is 58.2 Å². The molecule has 0 saturated carbocycles. The van der Waals surface area contributed by atoms with E-state index in [2.05, 4.69) is 156 Å². The van der Waals surface area contributed by atoms with E-state index in [-0.39, 0.29) is 14.2 Å². The first-order valence-corrected chi connectivity index (χ1v) is 17.4. The second kappa shape index (κ2) is 11.0. The van der Waals surface area contributed by atoms with E-state index in [1.165, 1.54) is 67.3 Å². The first-order valence-electron chi connectivity index (χ1n) is 15.2. The quantitative estimate of drug-likeness (QED) is 0.210. The Hall–Kier alpha value is -3.68. The molecule has 0 amide bonds. The van der Waals surface area contributed by atoms with Crippen LogP contribution in [0.3, 0.4) is 0 Å². The summed E-state index contributed by atoms with van der Waals surface area (Å²) in [5, 5.41) is 0. The molecule has 0 radical (unpaired) electrons. The van der Waals surface area contributed by atoms with Crippen LogP contribution < -0.4 is 0 Å². The van der Waals surface area contributed by atoms with E-state index in [0.717, 1.165) is 0 Å². The van der Waals surface area contributed by atoms with E-state index in [1.54, 1.807) is 0 Å². The molecule has 0 nitrogen and oxygen atoms in total. The highest BCUT2D eigenvalue weighted by atomic mass is 28.3. The molecule has 0 bridgehead atoms. The van der Waals surface area contributed by atoms with Gasteiger partial charge in [-0.25, -0.2) is 0 Å². The fourth-order valence-corrected chi connectivity index (χ4v) is 8.42. The molecule has 0 aliphatic heterocycles. The maximum absolute atomic E-state index is 2.50. The van der Waals surface area contributed by atoms with Crippen LogP contribution in [0.15, 0.2) is 121 Å². The van der Waals surface area contributed by atoms with E-state index < -0.39 is 0 Å². The second-order valence-corrected chi connectivity index (χ2v) is 15.4. The third-order valence-electron chi connectivity index (χ3n) is 9.58. The van der Waals surface area contributed by atoms with Gasteiger partial charge in [0.25, 0.3) is 0 Å². The van der Waals surface area contributed by atoms with Crippen LogP contribution in [0.25, 0.3) is 16.7 Å². The molecule has 2 aliphatic rings. The Morgan fingerprint density at radius 1 is 0.780 bits per heavy atom. The molecule has 2 aliphatic carbocycles. The monoisotopic (exact) mass is 549 g/mol. The number of fused-ring (bicyclic) bond motifs is 2. The van der Waals surface area contributed by atoms with Crippen LogP contribution >= 0.6 is 0 Å². The highest BCUT2D eigenvalue weighted by molar-refractivity contribution is 6.58. The third-order valence-corrected chi connectivity index (χ3v) is 12.5. The number of hydrogen-bond donors (Lipinski definition) is 0. The Bertz CT molecular complexity index is 1630. The summed E-state index contributed by atoms with van der Waals surface area (Å²) in [7, 11) is -0.364. The second-order valence-electron chi connectivity index (χ2n) is 12.2. The summed E-state index contributed by atoms with van der Waals surface area (Å²) in [6.07, 6.45) is 9.19. The fourth-order valence-electron chi connectivity index (χ4n) is 7.05. The van der Waals surface area contributed by atoms with Gasteiger partial charge in [-0.15, -0.1) is 0 Å². The molecular formula is C40H41Si+. The molecular weight excluding hydrogens is 509 g/mol. The highest BCUT2D eigenvalue weighted by Gasteiger charge is 2.48. The standard InChI is InChI=1S/C40H41Si/c1-7-41(6)30(5)31-18-20-32(21-19-31)33-22-23-36-38(26-33)40(34-15-10-12-27(2)24-34,35-16-11-13-28(3)25-35)37-17-9-8-14-29(4)39(36)37/h8-26,29-30H,7H2,1-6H3/q+1. The van der Waals surface area contributed by atoms with Gasteiger partial charge in [-0.2, -0.15) is 0 Å². The lowest BCUT2D eigenvalue weighted by Crippen LogP contribution is -2.29. The molecule has 4 aromatic carbocycles. The van der Waals surface area contributed by atoms with Crippen molar-refractivity contribution in [2.24, 2.45) is 5.92 Å². The smallest absolute Gasteiger partial charge is 0.0773 e. The SMILES string of the molecule is CC[Si+](C)C(C)c1ccc(-c2ccc3c(c2)C(c2cccc(C)c2)(c2cccc(C)c2)C2=C3C(C)C=CC=C2)cc1. The minimum Gasteiger partial charge on any atom is -0.0773 e. The van der Waals surface area contributed by atoms with Crippen LogP contribution in [0.1, 0.15) is 65.3 Å². The third kappa shape index (κ3) is 4.61. The molecule has 1 heteroatoms. The first-order chi connectivity index (χ1) is 19.8. The van der Waals surface area contributed by atoms with E-state index in [9.17, 15) is 0 Å². The summed E-state index contributed by atoms with van der Waals surface area (Å²) in [4.78, 5) is 0. The Labute approximate surface area is 248 Å². The van der Waals surface area contributed by atoms with E-state index in [4.69, 9.17) is 0 Å². The summed E-state index contributed by atoms with van der Waals surface area (Å²) in [5.41, 5.74) is 15.2. The lowest BCUT2D eigenvalue weighted by molar-refractivity contribution is 0.757. The minimum absolute atomic E-state index is 0.325. The molecule has 2 unspecified atom stereocenters. The van der Waals surface area contributed by atoms with Gasteiger partial charge in [-0.05, 0) is 83.9 Å². The molecule has 0 fully saturated rings. The van der Waals surface area contributed by atoms with Crippen LogP contribution in [0, 0.1) is 19.8 Å². The molecule has 0 N–H and O–H groups in total. The van der Waals surface area contributed by atoms with Crippen LogP contribution in [-0.4, -0.2) is 8.80 Å². The predicted molar refractivity (Wildman–Crippen MR) is 179 cm³/mol. The fraction of sp³-hybridized carbons (Fsp3) is 0.250. The Morgan fingerprint density at radius 3 is 2.02 bits per heavy atom. The van der Waals surface area contributed by atoms with Crippen molar-refractivity contribution in [3.63, 3.8) is 0 Å². The van der Waals surface area contributed by atoms with Crippen LogP contribution in [0.5, 0.6) is 0 Å². The number of allylic oxidation sites excluding steroid dienone is 6. The van der Waals surface area contributed by atoms with Gasteiger partial charge < -0.3 is 0 Å². The molecule has 0 saturated heterocycles. The molecule has 0 spiro atoms. The zero-order valence-corrected chi connectivity index (χ0v) is 26.3. The maximum atomic E-state index is 2.50. The Kier molecular flexibility index (Phi) is 7.34. The minimum atomic E-state index is -0.384. The van der Waals surface area contributed by atoms with Crippen LogP contribution in [0.2, 0.25) is 12.6 Å². The lowest BCUT2D eigenvalue weighted by Gasteiger charge is -2.35. The molecule has 6 rings (SSSR count). The van der Waals surface area contributed by atoms with Crippen LogP contribution in [0.4, 0.5) is 0 Å². The maximum Gasteiger partial charge on any atom is 0.318 e. The Balaban J connectivity index is 1.61. The molecule has 0 heterocycles. The van der Waals surface area contributed by atoms with Gasteiger partial charge in [0.1, 0.15) is 5.54 Å². The van der Waals surface area contributed by atoms with E-state index >= 15 is 0 Å². The predicted octanol–water partition coefficient (Wildman–Crippen LogP) is 10.6. The number of hydrogen-bond acceptors (Lipinski definition) is 0. The van der Waals surface area contributed by atoms with Gasteiger partial charge in [0.15, 0.2) is 0 Å². The van der Waals surface area contributed by atoms with Gasteiger partial charge in [-0.1, -0.05) is 127 Å². The van der Waals surface area contributed by atoms with Crippen molar-refractivity contribution in [1.29, 1.82) is 0 Å². The zero-order chi connectivity index (χ0) is 28.7. The lowest BCUT2D eigenvalue weighted by atomic mass is 9.66. The van der Waals surface area contributed by atoms with E-state index in [1.807, 2.05) is 0 Å². The van der Waals surface area contributed by atoms with Gasteiger partial charge in [-0.3, -0.25) is 0 Å². The van der Waals surface area contributed by atoms with Crippen LogP contribution in [-0.2, 0) is 5.41 Å². The zero-order valence-electron chi connectivity index (χ0n) is 25.3. The van der Waals surface area contributed by atoms with Crippen molar-refractivity contribution < 1.29 is 0 Å². The normalized spacial score (nSPS) is 17.7. The van der Waals surface area contributed by atoms with Crippen molar-refractivity contribution in [2.75, 3.05) is 0 Å². The highest BCUT2D eigenvalue weighted by Crippen LogP contribution is 2.58. The summed E-state index contributed by atoms with van der Waals surface area (Å²) in [6, 6.07) is 36.3. The van der Waals surface area contributed by atoms with Gasteiger partial charge >= 0.3 is 8.80 Å². The van der Waals surface area contributed by atoms with Crippen molar-refractivity contribution in [1.82, 2.24) is 0 Å². The molecule has 0 aromatic heterocycles. The average molecular weight is 550 g/mol. The largest absolute Gasteiger partial charge is 0.318 e. The molecule has 2 atom stereocenters. The number of rotatable bonds is 6. The topological polar surface area (TPSA) is 0 Å². The Morgan fingerprint density at radius 2 is 1.41 bits per heavy atom. The van der Waals surface area contributed by atoms with Crippen molar-refractivity contribution in [3.8, 4) is 11.1 Å². The molecule has 4 aromatic rings. The number of aryl methyl sites for hydroxylation is 2. The average Bonchev–Trinajstić information content (AvgIpc) is 3.14. The van der Waals surface area contributed by atoms with Crippen molar-refractivity contribution >= 4 is 14.4 Å². The van der Waals surface area contributed by atoms with E-state index in [0.29, 0.717) is 11.5 Å². The summed E-state index contributed by atoms with van der Waals surface area (Å²) in [5.74, 6) is 0.325. The van der Waals surface area contributed by atoms with Gasteiger partial charge in [0.2, 0.25) is 0 Å². The molecule has 204 valence electrons. The van der Waals surface area contributed by atoms with Gasteiger partial charge in [0.05, 0.1) is 18.0 Å². The molecule has 41 heavy (non-hydrogen) atoms. The summed E-state index contributed by atoms with van der Waals surface area (Å²) >= 11 is 0. The van der Waals surface area contributed by atoms with Gasteiger partial charge in [0, 0.05) is 5.92 Å². The summed E-state index contributed by atoms with van der Waals surface area (Å²) < 4.78 is 0. The summed E-state index contributed by atoms with van der Waals surface area (Å²) in [6.45, 7) is 14.0. The number of benzene rings is 4. The van der Waals surface area contributed by atoms with Crippen molar-refractivity contribution in [3.05, 3.63) is 160 Å².